The zero-order valence-corrected chi connectivity index (χ0v) is 19.1. The van der Waals surface area contributed by atoms with Gasteiger partial charge in [0.1, 0.15) is 0 Å². The van der Waals surface area contributed by atoms with Crippen molar-refractivity contribution in [2.45, 2.75) is 49.1 Å². The van der Waals surface area contributed by atoms with Crippen LogP contribution in [-0.4, -0.2) is 43.7 Å². The number of piperidine rings is 1. The number of halogens is 1. The lowest BCUT2D eigenvalue weighted by Gasteiger charge is -2.26. The fraction of sp³-hybridized carbons (Fsp3) is 0.391. The first-order valence-corrected chi connectivity index (χ1v) is 12.5. The van der Waals surface area contributed by atoms with Gasteiger partial charge in [-0.25, -0.2) is 13.2 Å². The van der Waals surface area contributed by atoms with Gasteiger partial charge in [-0.1, -0.05) is 48.4 Å². The number of rotatable bonds is 7. The van der Waals surface area contributed by atoms with E-state index in [-0.39, 0.29) is 21.5 Å². The minimum absolute atomic E-state index is 0.0190. The molecular formula is C23H25ClN2O5S. The molecule has 0 aromatic heterocycles. The minimum atomic E-state index is -3.75. The number of benzene rings is 2. The molecule has 0 bridgehead atoms. The van der Waals surface area contributed by atoms with Crippen molar-refractivity contribution in [1.29, 1.82) is 0 Å². The number of carbonyl (C=O) groups is 2. The lowest BCUT2D eigenvalue weighted by Crippen LogP contribution is -2.35. The summed E-state index contributed by atoms with van der Waals surface area (Å²) in [7, 11) is -3.75. The van der Waals surface area contributed by atoms with Crippen molar-refractivity contribution in [3.63, 3.8) is 0 Å². The van der Waals surface area contributed by atoms with Gasteiger partial charge in [-0.2, -0.15) is 4.31 Å². The summed E-state index contributed by atoms with van der Waals surface area (Å²) >= 11 is 6.22. The molecular weight excluding hydrogens is 452 g/mol. The Kier molecular flexibility index (Phi) is 6.83. The lowest BCUT2D eigenvalue weighted by molar-refractivity contribution is -0.130. The average molecular weight is 477 g/mol. The molecule has 1 amide bonds. The van der Waals surface area contributed by atoms with Crippen LogP contribution in [0.2, 0.25) is 5.02 Å². The summed E-state index contributed by atoms with van der Waals surface area (Å²) < 4.78 is 33.0. The molecule has 1 N–H and O–H groups in total. The van der Waals surface area contributed by atoms with Gasteiger partial charge in [-0.15, -0.1) is 0 Å². The number of ether oxygens (including phenoxy) is 1. The maximum atomic E-state index is 13.0. The molecule has 1 saturated carbocycles. The average Bonchev–Trinajstić information content (AvgIpc) is 3.62. The van der Waals surface area contributed by atoms with Crippen molar-refractivity contribution in [1.82, 2.24) is 9.62 Å². The molecule has 1 saturated heterocycles. The second kappa shape index (κ2) is 9.60. The highest BCUT2D eigenvalue weighted by molar-refractivity contribution is 7.89. The third-order valence-electron chi connectivity index (χ3n) is 5.60. The molecule has 0 unspecified atom stereocenters. The van der Waals surface area contributed by atoms with Crippen molar-refractivity contribution < 1.29 is 22.7 Å². The Morgan fingerprint density at radius 3 is 2.38 bits per heavy atom. The number of nitrogens with one attached hydrogen (secondary N) is 1. The Morgan fingerprint density at radius 1 is 1.03 bits per heavy atom. The Morgan fingerprint density at radius 2 is 1.72 bits per heavy atom. The molecule has 1 aliphatic carbocycles. The Bertz CT molecular complexity index is 1100. The molecule has 1 aliphatic heterocycles. The molecule has 0 spiro atoms. The highest BCUT2D eigenvalue weighted by Crippen LogP contribution is 2.28. The number of hydrogen-bond acceptors (Lipinski definition) is 5. The molecule has 1 heterocycles. The van der Waals surface area contributed by atoms with E-state index in [0.717, 1.165) is 32.1 Å². The molecule has 2 aromatic rings. The van der Waals surface area contributed by atoms with Crippen LogP contribution < -0.4 is 5.32 Å². The first-order chi connectivity index (χ1) is 15.4. The van der Waals surface area contributed by atoms with Gasteiger partial charge in [0.25, 0.3) is 5.91 Å². The van der Waals surface area contributed by atoms with E-state index in [1.54, 1.807) is 30.3 Å². The van der Waals surface area contributed by atoms with Gasteiger partial charge in [-0.05, 0) is 43.9 Å². The van der Waals surface area contributed by atoms with Gasteiger partial charge in [0, 0.05) is 24.7 Å². The van der Waals surface area contributed by atoms with Crippen LogP contribution in [0.15, 0.2) is 53.4 Å². The zero-order chi connectivity index (χ0) is 22.7. The van der Waals surface area contributed by atoms with Gasteiger partial charge >= 0.3 is 5.97 Å². The van der Waals surface area contributed by atoms with E-state index in [0.29, 0.717) is 18.7 Å². The monoisotopic (exact) mass is 476 g/mol. The molecule has 0 radical (unpaired) electrons. The molecule has 7 nitrogen and oxygen atoms in total. The molecule has 2 aromatic carbocycles. The van der Waals surface area contributed by atoms with Crippen LogP contribution in [0.4, 0.5) is 0 Å². The summed E-state index contributed by atoms with van der Waals surface area (Å²) in [6.45, 7) is 0.893. The predicted octanol–water partition coefficient (Wildman–Crippen LogP) is 3.69. The van der Waals surface area contributed by atoms with E-state index in [1.807, 2.05) is 0 Å². The third-order valence-corrected chi connectivity index (χ3v) is 7.82. The van der Waals surface area contributed by atoms with Gasteiger partial charge in [-0.3, -0.25) is 4.79 Å². The van der Waals surface area contributed by atoms with Crippen LogP contribution in [0, 0.1) is 0 Å². The van der Waals surface area contributed by atoms with E-state index in [1.165, 1.54) is 22.5 Å². The van der Waals surface area contributed by atoms with Gasteiger partial charge in [0.15, 0.2) is 0 Å². The summed E-state index contributed by atoms with van der Waals surface area (Å²) in [5, 5.41) is 2.91. The van der Waals surface area contributed by atoms with Crippen molar-refractivity contribution in [3.8, 4) is 0 Å². The molecule has 1 atom stereocenters. The lowest BCUT2D eigenvalue weighted by atomic mass is 10.1. The Hall–Kier alpha value is -2.42. The maximum Gasteiger partial charge on any atom is 0.340 e. The van der Waals surface area contributed by atoms with Crippen LogP contribution in [0.3, 0.4) is 0 Å². The highest BCUT2D eigenvalue weighted by atomic mass is 35.5. The van der Waals surface area contributed by atoms with Crippen molar-refractivity contribution in [3.05, 3.63) is 64.7 Å². The normalized spacial score (nSPS) is 18.0. The van der Waals surface area contributed by atoms with Crippen molar-refractivity contribution >= 4 is 33.5 Å². The van der Waals surface area contributed by atoms with Crippen LogP contribution in [-0.2, 0) is 19.6 Å². The van der Waals surface area contributed by atoms with E-state index in [4.69, 9.17) is 16.3 Å². The van der Waals surface area contributed by atoms with Crippen LogP contribution >= 0.6 is 11.6 Å². The molecule has 4 rings (SSSR count). The number of amides is 1. The summed E-state index contributed by atoms with van der Waals surface area (Å²) in [5.74, 6) is -1.27. The van der Waals surface area contributed by atoms with E-state index in [2.05, 4.69) is 5.32 Å². The Balaban J connectivity index is 1.59. The summed E-state index contributed by atoms with van der Waals surface area (Å²) in [4.78, 5) is 25.8. The second-order valence-electron chi connectivity index (χ2n) is 8.09. The largest absolute Gasteiger partial charge is 0.444 e. The number of hydrogen-bond donors (Lipinski definition) is 1. The quantitative estimate of drug-likeness (QED) is 0.615. The Labute approximate surface area is 192 Å². The first-order valence-electron chi connectivity index (χ1n) is 10.7. The minimum Gasteiger partial charge on any atom is -0.444 e. The fourth-order valence-electron chi connectivity index (χ4n) is 3.65. The van der Waals surface area contributed by atoms with Crippen LogP contribution in [0.25, 0.3) is 0 Å². The fourth-order valence-corrected chi connectivity index (χ4v) is 5.39. The standard InChI is InChI=1S/C23H25ClN2O5S/c24-20-12-11-18(32(29,30)26-13-5-2-6-14-26)15-19(20)23(28)31-21(16-7-3-1-4-8-16)22(27)25-17-9-10-17/h1,3-4,7-8,11-12,15,17,21H,2,5-6,9-10,13-14H2,(H,25,27)/t21-/m0/s1. The number of carbonyl (C=O) groups excluding carboxylic acids is 2. The SMILES string of the molecule is O=C(O[C@H](C(=O)NC1CC1)c1ccccc1)c1cc(S(=O)(=O)N2CCCCC2)ccc1Cl. The zero-order valence-electron chi connectivity index (χ0n) is 17.5. The first kappa shape index (κ1) is 22.8. The number of nitrogens with zero attached hydrogens (tertiary/aromatic N) is 1. The predicted molar refractivity (Wildman–Crippen MR) is 120 cm³/mol. The molecule has 2 aliphatic rings. The van der Waals surface area contributed by atoms with Gasteiger partial charge in [0.2, 0.25) is 16.1 Å². The molecule has 2 fully saturated rings. The van der Waals surface area contributed by atoms with E-state index >= 15 is 0 Å². The van der Waals surface area contributed by atoms with E-state index in [9.17, 15) is 18.0 Å². The molecule has 32 heavy (non-hydrogen) atoms. The smallest absolute Gasteiger partial charge is 0.340 e. The van der Waals surface area contributed by atoms with Crippen molar-refractivity contribution in [2.24, 2.45) is 0 Å². The van der Waals surface area contributed by atoms with E-state index < -0.39 is 28.0 Å². The van der Waals surface area contributed by atoms with Gasteiger partial charge < -0.3 is 10.1 Å². The highest BCUT2D eigenvalue weighted by Gasteiger charge is 2.32. The summed E-state index contributed by atoms with van der Waals surface area (Å²) in [6, 6.07) is 12.8. The van der Waals surface area contributed by atoms with Crippen LogP contribution in [0.5, 0.6) is 0 Å². The van der Waals surface area contributed by atoms with Crippen molar-refractivity contribution in [2.75, 3.05) is 13.1 Å². The van der Waals surface area contributed by atoms with Crippen LogP contribution in [0.1, 0.15) is 54.1 Å². The topological polar surface area (TPSA) is 92.8 Å². The molecule has 9 heteroatoms. The summed E-state index contributed by atoms with van der Waals surface area (Å²) in [5.41, 5.74) is 0.428. The summed E-state index contributed by atoms with van der Waals surface area (Å²) in [6.07, 6.45) is 3.22. The second-order valence-corrected chi connectivity index (χ2v) is 10.4. The maximum absolute atomic E-state index is 13.0. The molecule has 170 valence electrons. The van der Waals surface area contributed by atoms with Gasteiger partial charge in [0.05, 0.1) is 15.5 Å². The number of sulfonamides is 1. The third kappa shape index (κ3) is 5.14. The number of esters is 1.